The van der Waals surface area contributed by atoms with E-state index in [4.69, 9.17) is 0 Å². The van der Waals surface area contributed by atoms with Gasteiger partial charge >= 0.3 is 0 Å². The van der Waals surface area contributed by atoms with Crippen LogP contribution in [0.1, 0.15) is 27.3 Å². The lowest BCUT2D eigenvalue weighted by molar-refractivity contribution is 0.102. The number of rotatable bonds is 2. The number of aryl methyl sites for hydroxylation is 3. The monoisotopic (exact) mass is 296 g/mol. The number of nitrogens with zero attached hydrogens (tertiary/aromatic N) is 3. The first kappa shape index (κ1) is 14.1. The Hall–Kier alpha value is -2.89. The number of hydrogen-bond acceptors (Lipinski definition) is 4. The summed E-state index contributed by atoms with van der Waals surface area (Å²) in [4.78, 5) is 16.8. The molecule has 0 aliphatic rings. The van der Waals surface area contributed by atoms with Crippen molar-refractivity contribution in [2.75, 3.05) is 5.32 Å². The zero-order valence-corrected chi connectivity index (χ0v) is 12.6. The lowest BCUT2D eigenvalue weighted by Crippen LogP contribution is -2.12. The Kier molecular flexibility index (Phi) is 3.29. The number of hydrogen-bond donors (Lipinski definition) is 2. The Morgan fingerprint density at radius 2 is 2.00 bits per heavy atom. The van der Waals surface area contributed by atoms with Gasteiger partial charge in [-0.05, 0) is 44.5 Å². The summed E-state index contributed by atoms with van der Waals surface area (Å²) in [6.45, 7) is 5.66. The fourth-order valence-electron chi connectivity index (χ4n) is 2.37. The smallest absolute Gasteiger partial charge is 0.261 e. The lowest BCUT2D eigenvalue weighted by atomic mass is 10.2. The molecule has 0 unspecified atom stereocenters. The highest BCUT2D eigenvalue weighted by Crippen LogP contribution is 2.25. The van der Waals surface area contributed by atoms with Crippen LogP contribution >= 0.6 is 0 Å². The molecule has 2 aromatic heterocycles. The van der Waals surface area contributed by atoms with Gasteiger partial charge in [0.2, 0.25) is 0 Å². The number of nitrogens with one attached hydrogen (secondary N) is 1. The molecule has 0 fully saturated rings. The summed E-state index contributed by atoms with van der Waals surface area (Å²) in [5, 5.41) is 16.7. The van der Waals surface area contributed by atoms with Crippen LogP contribution in [0.3, 0.4) is 0 Å². The van der Waals surface area contributed by atoms with Crippen molar-refractivity contribution in [3.05, 3.63) is 53.0 Å². The molecule has 0 aliphatic heterocycles. The van der Waals surface area contributed by atoms with Gasteiger partial charge in [-0.1, -0.05) is 6.07 Å². The van der Waals surface area contributed by atoms with Crippen molar-refractivity contribution in [1.82, 2.24) is 14.6 Å². The van der Waals surface area contributed by atoms with E-state index in [1.807, 2.05) is 26.8 Å². The van der Waals surface area contributed by atoms with Crippen LogP contribution in [-0.4, -0.2) is 25.6 Å². The number of benzene rings is 1. The quantitative estimate of drug-likeness (QED) is 0.712. The molecule has 0 bridgehead atoms. The number of carbonyl (C=O) groups excluding carboxylic acids is 1. The van der Waals surface area contributed by atoms with E-state index in [0.717, 1.165) is 17.0 Å². The molecular formula is C16H16N4O2. The topological polar surface area (TPSA) is 79.5 Å². The second-order valence-corrected chi connectivity index (χ2v) is 5.31. The highest BCUT2D eigenvalue weighted by atomic mass is 16.3. The summed E-state index contributed by atoms with van der Waals surface area (Å²) >= 11 is 0. The zero-order valence-electron chi connectivity index (χ0n) is 12.6. The molecule has 6 heteroatoms. The molecule has 0 atom stereocenters. The van der Waals surface area contributed by atoms with Crippen LogP contribution in [0.4, 0.5) is 5.69 Å². The van der Waals surface area contributed by atoms with E-state index in [2.05, 4.69) is 15.4 Å². The molecule has 2 heterocycles. The fourth-order valence-corrected chi connectivity index (χ4v) is 2.37. The van der Waals surface area contributed by atoms with Crippen LogP contribution in [-0.2, 0) is 0 Å². The van der Waals surface area contributed by atoms with Gasteiger partial charge in [0.05, 0.1) is 11.9 Å². The summed E-state index contributed by atoms with van der Waals surface area (Å²) < 4.78 is 1.62. The molecular weight excluding hydrogens is 280 g/mol. The number of aromatic nitrogens is 3. The maximum absolute atomic E-state index is 12.5. The number of amides is 1. The Balaban J connectivity index is 2.01. The van der Waals surface area contributed by atoms with Gasteiger partial charge < -0.3 is 10.4 Å². The molecule has 0 saturated carbocycles. The molecule has 0 radical (unpaired) electrons. The zero-order chi connectivity index (χ0) is 15.9. The highest BCUT2D eigenvalue weighted by molar-refractivity contribution is 6.08. The number of anilines is 1. The van der Waals surface area contributed by atoms with E-state index in [0.29, 0.717) is 16.9 Å². The fraction of sp³-hybridized carbons (Fsp3) is 0.188. The Bertz CT molecular complexity index is 883. The maximum atomic E-state index is 12.5. The van der Waals surface area contributed by atoms with Crippen LogP contribution < -0.4 is 5.32 Å². The van der Waals surface area contributed by atoms with Gasteiger partial charge in [-0.3, -0.25) is 4.79 Å². The third kappa shape index (κ3) is 2.39. The van der Waals surface area contributed by atoms with E-state index in [1.165, 1.54) is 6.20 Å². The third-order valence-corrected chi connectivity index (χ3v) is 3.42. The molecule has 2 N–H and O–H groups in total. The van der Waals surface area contributed by atoms with E-state index < -0.39 is 0 Å². The standard InChI is InChI=1S/C16H16N4O2/c1-9-4-5-14(21)13(6-9)19-16(22)12-8-17-20-11(3)7-10(2)18-15(12)20/h4-8,21H,1-3H3,(H,19,22). The van der Waals surface area contributed by atoms with E-state index in [-0.39, 0.29) is 11.7 Å². The van der Waals surface area contributed by atoms with Crippen molar-refractivity contribution in [3.8, 4) is 5.75 Å². The number of phenolic OH excluding ortho intramolecular Hbond substituents is 1. The van der Waals surface area contributed by atoms with Gasteiger partial charge in [-0.15, -0.1) is 0 Å². The predicted molar refractivity (Wildman–Crippen MR) is 83.3 cm³/mol. The number of carbonyl (C=O) groups is 1. The number of fused-ring (bicyclic) bond motifs is 1. The summed E-state index contributed by atoms with van der Waals surface area (Å²) in [6.07, 6.45) is 1.48. The SMILES string of the molecule is Cc1ccc(O)c(NC(=O)c2cnn3c(C)cc(C)nc23)c1. The lowest BCUT2D eigenvalue weighted by Gasteiger charge is -2.07. The largest absolute Gasteiger partial charge is 0.506 e. The molecule has 3 aromatic rings. The van der Waals surface area contributed by atoms with Gasteiger partial charge in [0.1, 0.15) is 11.3 Å². The van der Waals surface area contributed by atoms with Crippen LogP contribution in [0.5, 0.6) is 5.75 Å². The maximum Gasteiger partial charge on any atom is 0.261 e. The normalized spacial score (nSPS) is 10.9. The van der Waals surface area contributed by atoms with Crippen molar-refractivity contribution in [1.29, 1.82) is 0 Å². The first-order chi connectivity index (χ1) is 10.5. The van der Waals surface area contributed by atoms with E-state index in [1.54, 1.807) is 22.7 Å². The Labute approximate surface area is 127 Å². The second kappa shape index (κ2) is 5.14. The molecule has 0 saturated heterocycles. The molecule has 0 aliphatic carbocycles. The summed E-state index contributed by atoms with van der Waals surface area (Å²) in [5.74, 6) is -0.329. The van der Waals surface area contributed by atoms with E-state index in [9.17, 15) is 9.90 Å². The molecule has 0 spiro atoms. The third-order valence-electron chi connectivity index (χ3n) is 3.42. The van der Waals surface area contributed by atoms with Gasteiger partial charge in [-0.25, -0.2) is 9.50 Å². The predicted octanol–water partition coefficient (Wildman–Crippen LogP) is 2.61. The minimum absolute atomic E-state index is 0.0238. The van der Waals surface area contributed by atoms with Crippen molar-refractivity contribution in [2.45, 2.75) is 20.8 Å². The Morgan fingerprint density at radius 3 is 2.77 bits per heavy atom. The van der Waals surface area contributed by atoms with Crippen LogP contribution in [0.25, 0.3) is 5.65 Å². The number of phenols is 1. The minimum Gasteiger partial charge on any atom is -0.506 e. The second-order valence-electron chi connectivity index (χ2n) is 5.31. The molecule has 1 aromatic carbocycles. The summed E-state index contributed by atoms with van der Waals surface area (Å²) in [7, 11) is 0. The van der Waals surface area contributed by atoms with Crippen LogP contribution in [0.2, 0.25) is 0 Å². The molecule has 6 nitrogen and oxygen atoms in total. The average Bonchev–Trinajstić information content (AvgIpc) is 2.87. The molecule has 1 amide bonds. The van der Waals surface area contributed by atoms with Crippen LogP contribution in [0, 0.1) is 20.8 Å². The van der Waals surface area contributed by atoms with Crippen molar-refractivity contribution in [2.24, 2.45) is 0 Å². The van der Waals surface area contributed by atoms with Gasteiger partial charge in [-0.2, -0.15) is 5.10 Å². The molecule has 3 rings (SSSR count). The highest BCUT2D eigenvalue weighted by Gasteiger charge is 2.16. The van der Waals surface area contributed by atoms with Crippen molar-refractivity contribution >= 4 is 17.2 Å². The first-order valence-corrected chi connectivity index (χ1v) is 6.88. The Morgan fingerprint density at radius 1 is 1.23 bits per heavy atom. The first-order valence-electron chi connectivity index (χ1n) is 6.88. The summed E-state index contributed by atoms with van der Waals surface area (Å²) in [6, 6.07) is 6.93. The van der Waals surface area contributed by atoms with Crippen molar-refractivity contribution in [3.63, 3.8) is 0 Å². The number of aromatic hydroxyl groups is 1. The molecule has 22 heavy (non-hydrogen) atoms. The summed E-state index contributed by atoms with van der Waals surface area (Å²) in [5.41, 5.74) is 3.90. The van der Waals surface area contributed by atoms with E-state index >= 15 is 0 Å². The van der Waals surface area contributed by atoms with Crippen molar-refractivity contribution < 1.29 is 9.90 Å². The van der Waals surface area contributed by atoms with Crippen LogP contribution in [0.15, 0.2) is 30.5 Å². The average molecular weight is 296 g/mol. The van der Waals surface area contributed by atoms with Gasteiger partial charge in [0, 0.05) is 11.4 Å². The minimum atomic E-state index is -0.353. The molecule has 112 valence electrons. The van der Waals surface area contributed by atoms with Gasteiger partial charge in [0.25, 0.3) is 5.91 Å². The van der Waals surface area contributed by atoms with Gasteiger partial charge in [0.15, 0.2) is 5.65 Å².